The van der Waals surface area contributed by atoms with E-state index in [-0.39, 0.29) is 11.9 Å². The zero-order valence-corrected chi connectivity index (χ0v) is 16.3. The van der Waals surface area contributed by atoms with Gasteiger partial charge in [-0.05, 0) is 31.9 Å². The van der Waals surface area contributed by atoms with E-state index in [0.717, 1.165) is 31.2 Å². The molecule has 1 aliphatic rings. The molecule has 2 heterocycles. The van der Waals surface area contributed by atoms with Gasteiger partial charge in [0, 0.05) is 31.0 Å². The molecule has 2 aromatic rings. The van der Waals surface area contributed by atoms with E-state index in [1.165, 1.54) is 18.2 Å². The van der Waals surface area contributed by atoms with Crippen molar-refractivity contribution in [2.24, 2.45) is 7.05 Å². The standard InChI is InChI=1S/C18H24N6O2S/c1-12(16(25)21-17(26)20-14-6-4-3-5-7-14)27-18-23-22-15(24(18)2)13-8-10-19-11-9-13/h8-12,14H,3-7H2,1-2H3,(H2,20,21,25,26)/t12-/m1/s1. The van der Waals surface area contributed by atoms with Crippen molar-refractivity contribution in [3.8, 4) is 11.4 Å². The molecular formula is C18H24N6O2S. The maximum atomic E-state index is 12.3. The summed E-state index contributed by atoms with van der Waals surface area (Å²) in [5, 5.41) is 13.8. The minimum absolute atomic E-state index is 0.163. The van der Waals surface area contributed by atoms with Crippen LogP contribution in [0.25, 0.3) is 11.4 Å². The van der Waals surface area contributed by atoms with Gasteiger partial charge in [-0.15, -0.1) is 10.2 Å². The fourth-order valence-electron chi connectivity index (χ4n) is 3.06. The molecule has 27 heavy (non-hydrogen) atoms. The zero-order chi connectivity index (χ0) is 19.2. The van der Waals surface area contributed by atoms with Crippen LogP contribution in [0.3, 0.4) is 0 Å². The Bertz CT molecular complexity index is 788. The lowest BCUT2D eigenvalue weighted by Crippen LogP contribution is -2.47. The number of hydrogen-bond donors (Lipinski definition) is 2. The average molecular weight is 388 g/mol. The SMILES string of the molecule is C[C@@H](Sc1nnc(-c2ccncc2)n1C)C(=O)NC(=O)NC1CCCCC1. The Kier molecular flexibility index (Phi) is 6.44. The van der Waals surface area contributed by atoms with Crippen LogP contribution in [0.1, 0.15) is 39.0 Å². The summed E-state index contributed by atoms with van der Waals surface area (Å²) in [6.07, 6.45) is 8.79. The highest BCUT2D eigenvalue weighted by Gasteiger charge is 2.22. The van der Waals surface area contributed by atoms with E-state index in [2.05, 4.69) is 25.8 Å². The van der Waals surface area contributed by atoms with Gasteiger partial charge in [0.2, 0.25) is 5.91 Å². The molecule has 2 N–H and O–H groups in total. The van der Waals surface area contributed by atoms with Gasteiger partial charge in [-0.25, -0.2) is 4.79 Å². The molecule has 144 valence electrons. The molecule has 0 aromatic carbocycles. The van der Waals surface area contributed by atoms with Gasteiger partial charge in [-0.3, -0.25) is 15.1 Å². The molecule has 2 aromatic heterocycles. The molecule has 8 nitrogen and oxygen atoms in total. The number of imide groups is 1. The first kappa shape index (κ1) is 19.3. The monoisotopic (exact) mass is 388 g/mol. The van der Waals surface area contributed by atoms with Crippen molar-refractivity contribution in [1.29, 1.82) is 0 Å². The molecule has 0 aliphatic heterocycles. The van der Waals surface area contributed by atoms with E-state index < -0.39 is 11.3 Å². The Morgan fingerprint density at radius 2 is 1.89 bits per heavy atom. The van der Waals surface area contributed by atoms with Crippen molar-refractivity contribution in [1.82, 2.24) is 30.4 Å². The molecule has 0 saturated heterocycles. The number of urea groups is 1. The Morgan fingerprint density at radius 3 is 2.59 bits per heavy atom. The highest BCUT2D eigenvalue weighted by atomic mass is 32.2. The Morgan fingerprint density at radius 1 is 1.19 bits per heavy atom. The summed E-state index contributed by atoms with van der Waals surface area (Å²) in [4.78, 5) is 28.4. The summed E-state index contributed by atoms with van der Waals surface area (Å²) >= 11 is 1.26. The highest BCUT2D eigenvalue weighted by Crippen LogP contribution is 2.25. The van der Waals surface area contributed by atoms with Crippen LogP contribution in [0.15, 0.2) is 29.7 Å². The maximum absolute atomic E-state index is 12.3. The van der Waals surface area contributed by atoms with E-state index in [0.29, 0.717) is 11.0 Å². The molecule has 9 heteroatoms. The van der Waals surface area contributed by atoms with E-state index in [1.54, 1.807) is 19.3 Å². The number of pyridine rings is 1. The van der Waals surface area contributed by atoms with Crippen molar-refractivity contribution in [2.75, 3.05) is 0 Å². The average Bonchev–Trinajstić information content (AvgIpc) is 3.03. The number of carbonyl (C=O) groups excluding carboxylic acids is 2. The first-order valence-electron chi connectivity index (χ1n) is 9.12. The number of carbonyl (C=O) groups is 2. The number of hydrogen-bond acceptors (Lipinski definition) is 6. The molecule has 3 amide bonds. The maximum Gasteiger partial charge on any atom is 0.321 e. The van der Waals surface area contributed by atoms with Gasteiger partial charge in [0.25, 0.3) is 0 Å². The number of nitrogens with one attached hydrogen (secondary N) is 2. The normalized spacial score (nSPS) is 15.9. The van der Waals surface area contributed by atoms with Gasteiger partial charge in [-0.2, -0.15) is 0 Å². The second-order valence-corrected chi connectivity index (χ2v) is 7.97. The van der Waals surface area contributed by atoms with Crippen LogP contribution in [-0.4, -0.2) is 43.0 Å². The summed E-state index contributed by atoms with van der Waals surface area (Å²) < 4.78 is 1.83. The van der Waals surface area contributed by atoms with Crippen LogP contribution < -0.4 is 10.6 Å². The second-order valence-electron chi connectivity index (χ2n) is 6.66. The first-order valence-corrected chi connectivity index (χ1v) is 10.0. The number of thioether (sulfide) groups is 1. The minimum Gasteiger partial charge on any atom is -0.335 e. The Hall–Kier alpha value is -2.42. The quantitative estimate of drug-likeness (QED) is 0.763. The van der Waals surface area contributed by atoms with E-state index in [4.69, 9.17) is 0 Å². The molecule has 1 aliphatic carbocycles. The number of amides is 3. The lowest BCUT2D eigenvalue weighted by Gasteiger charge is -2.23. The van der Waals surface area contributed by atoms with E-state index >= 15 is 0 Å². The topological polar surface area (TPSA) is 102 Å². The molecule has 1 atom stereocenters. The third-order valence-electron chi connectivity index (χ3n) is 4.60. The summed E-state index contributed by atoms with van der Waals surface area (Å²) in [7, 11) is 1.85. The van der Waals surface area contributed by atoms with Crippen LogP contribution in [0.2, 0.25) is 0 Å². The number of rotatable bonds is 5. The summed E-state index contributed by atoms with van der Waals surface area (Å²) in [6, 6.07) is 3.44. The molecule has 3 rings (SSSR count). The van der Waals surface area contributed by atoms with Crippen molar-refractivity contribution in [2.45, 2.75) is 55.5 Å². The van der Waals surface area contributed by atoms with Crippen LogP contribution in [0, 0.1) is 0 Å². The molecule has 1 saturated carbocycles. The summed E-state index contributed by atoms with van der Waals surface area (Å²) in [5.74, 6) is 0.351. The first-order chi connectivity index (χ1) is 13.0. The van der Waals surface area contributed by atoms with Gasteiger partial charge >= 0.3 is 6.03 Å². The predicted molar refractivity (Wildman–Crippen MR) is 103 cm³/mol. The predicted octanol–water partition coefficient (Wildman–Crippen LogP) is 2.52. The van der Waals surface area contributed by atoms with Crippen LogP contribution in [0.4, 0.5) is 4.79 Å². The van der Waals surface area contributed by atoms with Crippen molar-refractivity contribution in [3.05, 3.63) is 24.5 Å². The summed E-state index contributed by atoms with van der Waals surface area (Å²) in [6.45, 7) is 1.74. The summed E-state index contributed by atoms with van der Waals surface area (Å²) in [5.41, 5.74) is 0.899. The Labute approximate surface area is 162 Å². The van der Waals surface area contributed by atoms with Gasteiger partial charge in [-0.1, -0.05) is 31.0 Å². The highest BCUT2D eigenvalue weighted by molar-refractivity contribution is 8.00. The van der Waals surface area contributed by atoms with Gasteiger partial charge in [0.05, 0.1) is 5.25 Å². The third kappa shape index (κ3) is 5.06. The third-order valence-corrected chi connectivity index (χ3v) is 5.74. The van der Waals surface area contributed by atoms with Crippen LogP contribution >= 0.6 is 11.8 Å². The molecule has 0 spiro atoms. The fourth-order valence-corrected chi connectivity index (χ4v) is 3.88. The largest absolute Gasteiger partial charge is 0.335 e. The van der Waals surface area contributed by atoms with E-state index in [9.17, 15) is 9.59 Å². The fraction of sp³-hybridized carbons (Fsp3) is 0.500. The van der Waals surface area contributed by atoms with Crippen LogP contribution in [0.5, 0.6) is 0 Å². The minimum atomic E-state index is -0.477. The Balaban J connectivity index is 1.55. The smallest absolute Gasteiger partial charge is 0.321 e. The number of aromatic nitrogens is 4. The number of nitrogens with zero attached hydrogens (tertiary/aromatic N) is 4. The lowest BCUT2D eigenvalue weighted by atomic mass is 9.96. The van der Waals surface area contributed by atoms with Crippen LogP contribution in [-0.2, 0) is 11.8 Å². The molecule has 0 bridgehead atoms. The van der Waals surface area contributed by atoms with E-state index in [1.807, 2.05) is 23.7 Å². The van der Waals surface area contributed by atoms with Crippen molar-refractivity contribution < 1.29 is 9.59 Å². The van der Waals surface area contributed by atoms with Gasteiger partial charge in [0.1, 0.15) is 0 Å². The zero-order valence-electron chi connectivity index (χ0n) is 15.5. The van der Waals surface area contributed by atoms with Crippen molar-refractivity contribution in [3.63, 3.8) is 0 Å². The lowest BCUT2D eigenvalue weighted by molar-refractivity contribution is -0.119. The second kappa shape index (κ2) is 8.98. The molecule has 0 radical (unpaired) electrons. The van der Waals surface area contributed by atoms with Gasteiger partial charge < -0.3 is 9.88 Å². The van der Waals surface area contributed by atoms with Crippen molar-refractivity contribution >= 4 is 23.7 Å². The molecular weight excluding hydrogens is 364 g/mol. The van der Waals surface area contributed by atoms with Gasteiger partial charge in [0.15, 0.2) is 11.0 Å². The molecule has 0 unspecified atom stereocenters. The molecule has 1 fully saturated rings.